The van der Waals surface area contributed by atoms with Crippen LogP contribution in [-0.4, -0.2) is 6.29 Å². The Labute approximate surface area is 78.8 Å². The fourth-order valence-corrected chi connectivity index (χ4v) is 2.22. The normalized spacial score (nSPS) is 25.7. The molecule has 2 rings (SSSR count). The van der Waals surface area contributed by atoms with Gasteiger partial charge in [0.15, 0.2) is 0 Å². The zero-order valence-electron chi connectivity index (χ0n) is 8.08. The van der Waals surface area contributed by atoms with Gasteiger partial charge in [0.2, 0.25) is 0 Å². The minimum Gasteiger partial charge on any atom is -0.303 e. The van der Waals surface area contributed by atoms with Gasteiger partial charge in [0.05, 0.1) is 0 Å². The van der Waals surface area contributed by atoms with Gasteiger partial charge in [0.25, 0.3) is 0 Å². The number of fused-ring (bicyclic) bond motifs is 1. The van der Waals surface area contributed by atoms with Crippen LogP contribution in [0.15, 0.2) is 18.2 Å². The maximum atomic E-state index is 10.8. The molecule has 0 fully saturated rings. The summed E-state index contributed by atoms with van der Waals surface area (Å²) in [7, 11) is 0. The summed E-state index contributed by atoms with van der Waals surface area (Å²) in [4.78, 5) is 10.8. The van der Waals surface area contributed by atoms with Crippen LogP contribution in [0.5, 0.6) is 0 Å². The fourth-order valence-electron chi connectivity index (χ4n) is 2.22. The van der Waals surface area contributed by atoms with E-state index in [9.17, 15) is 4.79 Å². The van der Waals surface area contributed by atoms with Crippen LogP contribution in [0.25, 0.3) is 0 Å². The lowest BCUT2D eigenvalue weighted by molar-refractivity contribution is -0.109. The molecule has 0 radical (unpaired) electrons. The van der Waals surface area contributed by atoms with Gasteiger partial charge in [-0.2, -0.15) is 0 Å². The maximum Gasteiger partial charge on any atom is 0.127 e. The molecule has 0 heterocycles. The van der Waals surface area contributed by atoms with E-state index in [1.807, 2.05) is 0 Å². The number of benzene rings is 1. The molecule has 0 saturated heterocycles. The molecule has 13 heavy (non-hydrogen) atoms. The Hall–Kier alpha value is -1.11. The number of hydrogen-bond donors (Lipinski definition) is 0. The quantitative estimate of drug-likeness (QED) is 0.598. The predicted molar refractivity (Wildman–Crippen MR) is 53.0 cm³/mol. The third-order valence-corrected chi connectivity index (χ3v) is 2.94. The second kappa shape index (κ2) is 2.99. The molecule has 1 aromatic rings. The number of carbonyl (C=O) groups is 1. The molecule has 68 valence electrons. The van der Waals surface area contributed by atoms with Crippen molar-refractivity contribution in [3.63, 3.8) is 0 Å². The Balaban J connectivity index is 2.51. The predicted octanol–water partition coefficient (Wildman–Crippen LogP) is 2.78. The van der Waals surface area contributed by atoms with Crippen LogP contribution >= 0.6 is 0 Å². The zero-order valence-corrected chi connectivity index (χ0v) is 8.08. The molecular formula is C12H14O. The van der Waals surface area contributed by atoms with Crippen LogP contribution in [0.2, 0.25) is 0 Å². The molecular weight excluding hydrogens is 160 g/mol. The highest BCUT2D eigenvalue weighted by molar-refractivity contribution is 5.66. The van der Waals surface area contributed by atoms with E-state index in [0.29, 0.717) is 5.92 Å². The summed E-state index contributed by atoms with van der Waals surface area (Å²) in [6.07, 6.45) is 2.07. The van der Waals surface area contributed by atoms with Crippen molar-refractivity contribution in [2.45, 2.75) is 32.1 Å². The van der Waals surface area contributed by atoms with Crippen molar-refractivity contribution in [3.05, 3.63) is 34.9 Å². The first-order chi connectivity index (χ1) is 6.22. The molecule has 0 bridgehead atoms. The van der Waals surface area contributed by atoms with Crippen LogP contribution in [0.3, 0.4) is 0 Å². The van der Waals surface area contributed by atoms with Gasteiger partial charge in [-0.1, -0.05) is 30.7 Å². The number of hydrogen-bond acceptors (Lipinski definition) is 1. The molecule has 2 atom stereocenters. The van der Waals surface area contributed by atoms with Crippen molar-refractivity contribution < 1.29 is 4.79 Å². The molecule has 0 spiro atoms. The smallest absolute Gasteiger partial charge is 0.127 e. The standard InChI is InChI=1S/C12H14O/c1-8-3-4-11-10(7-13)6-9(2)12(11)5-8/h3-5,7,9-10H,6H2,1-2H3. The average molecular weight is 174 g/mol. The monoisotopic (exact) mass is 174 g/mol. The van der Waals surface area contributed by atoms with Gasteiger partial charge in [-0.3, -0.25) is 0 Å². The molecule has 1 heteroatoms. The highest BCUT2D eigenvalue weighted by atomic mass is 16.1. The van der Waals surface area contributed by atoms with E-state index < -0.39 is 0 Å². The molecule has 0 N–H and O–H groups in total. The van der Waals surface area contributed by atoms with Gasteiger partial charge in [0.1, 0.15) is 6.29 Å². The molecule has 0 amide bonds. The van der Waals surface area contributed by atoms with Crippen molar-refractivity contribution in [1.82, 2.24) is 0 Å². The summed E-state index contributed by atoms with van der Waals surface area (Å²) < 4.78 is 0. The Morgan fingerprint density at radius 1 is 1.38 bits per heavy atom. The van der Waals surface area contributed by atoms with Crippen LogP contribution < -0.4 is 0 Å². The molecule has 0 saturated carbocycles. The van der Waals surface area contributed by atoms with Gasteiger partial charge in [0, 0.05) is 5.92 Å². The van der Waals surface area contributed by atoms with E-state index in [2.05, 4.69) is 32.0 Å². The summed E-state index contributed by atoms with van der Waals surface area (Å²) in [5.74, 6) is 0.690. The fraction of sp³-hybridized carbons (Fsp3) is 0.417. The van der Waals surface area contributed by atoms with Crippen LogP contribution in [-0.2, 0) is 4.79 Å². The van der Waals surface area contributed by atoms with Crippen molar-refractivity contribution in [1.29, 1.82) is 0 Å². The Morgan fingerprint density at radius 3 is 2.85 bits per heavy atom. The summed E-state index contributed by atoms with van der Waals surface area (Å²) in [5.41, 5.74) is 3.90. The second-order valence-corrected chi connectivity index (χ2v) is 4.01. The van der Waals surface area contributed by atoms with Gasteiger partial charge in [-0.05, 0) is 30.4 Å². The molecule has 2 unspecified atom stereocenters. The van der Waals surface area contributed by atoms with E-state index in [4.69, 9.17) is 0 Å². The van der Waals surface area contributed by atoms with Crippen molar-refractivity contribution >= 4 is 6.29 Å². The van der Waals surface area contributed by atoms with Gasteiger partial charge >= 0.3 is 0 Å². The minimum atomic E-state index is 0.144. The lowest BCUT2D eigenvalue weighted by atomic mass is 10.0. The highest BCUT2D eigenvalue weighted by Gasteiger charge is 2.27. The lowest BCUT2D eigenvalue weighted by Gasteiger charge is -2.04. The van der Waals surface area contributed by atoms with Crippen molar-refractivity contribution in [2.75, 3.05) is 0 Å². The van der Waals surface area contributed by atoms with Gasteiger partial charge in [-0.15, -0.1) is 0 Å². The molecule has 1 nitrogen and oxygen atoms in total. The van der Waals surface area contributed by atoms with Crippen molar-refractivity contribution in [3.8, 4) is 0 Å². The number of aldehydes is 1. The first-order valence-electron chi connectivity index (χ1n) is 4.78. The number of carbonyl (C=O) groups excluding carboxylic acids is 1. The first kappa shape index (κ1) is 8.49. The van der Waals surface area contributed by atoms with E-state index in [0.717, 1.165) is 12.7 Å². The van der Waals surface area contributed by atoms with E-state index in [1.54, 1.807) is 0 Å². The van der Waals surface area contributed by atoms with E-state index in [1.165, 1.54) is 16.7 Å². The molecule has 1 aliphatic carbocycles. The summed E-state index contributed by atoms with van der Waals surface area (Å²) >= 11 is 0. The molecule has 1 aromatic carbocycles. The maximum absolute atomic E-state index is 10.8. The van der Waals surface area contributed by atoms with E-state index in [-0.39, 0.29) is 5.92 Å². The average Bonchev–Trinajstić information content (AvgIpc) is 2.43. The lowest BCUT2D eigenvalue weighted by Crippen LogP contribution is -1.93. The SMILES string of the molecule is Cc1ccc2c(c1)C(C)CC2C=O. The summed E-state index contributed by atoms with van der Waals surface area (Å²) in [5, 5.41) is 0. The Bertz CT molecular complexity index is 341. The Morgan fingerprint density at radius 2 is 2.15 bits per heavy atom. The third-order valence-electron chi connectivity index (χ3n) is 2.94. The summed E-state index contributed by atoms with van der Waals surface area (Å²) in [6.45, 7) is 4.29. The van der Waals surface area contributed by atoms with Crippen molar-refractivity contribution in [2.24, 2.45) is 0 Å². The van der Waals surface area contributed by atoms with Crippen LogP contribution in [0, 0.1) is 6.92 Å². The zero-order chi connectivity index (χ0) is 9.42. The summed E-state index contributed by atoms with van der Waals surface area (Å²) in [6, 6.07) is 6.41. The minimum absolute atomic E-state index is 0.144. The highest BCUT2D eigenvalue weighted by Crippen LogP contribution is 2.40. The van der Waals surface area contributed by atoms with Crippen LogP contribution in [0.1, 0.15) is 41.9 Å². The molecule has 1 aliphatic rings. The van der Waals surface area contributed by atoms with Gasteiger partial charge in [-0.25, -0.2) is 0 Å². The topological polar surface area (TPSA) is 17.1 Å². The first-order valence-corrected chi connectivity index (χ1v) is 4.78. The van der Waals surface area contributed by atoms with E-state index >= 15 is 0 Å². The largest absolute Gasteiger partial charge is 0.303 e. The Kier molecular flexibility index (Phi) is 1.95. The van der Waals surface area contributed by atoms with Gasteiger partial charge < -0.3 is 4.79 Å². The number of aryl methyl sites for hydroxylation is 1. The van der Waals surface area contributed by atoms with Crippen LogP contribution in [0.4, 0.5) is 0 Å². The second-order valence-electron chi connectivity index (χ2n) is 4.01. The molecule has 0 aliphatic heterocycles. The third kappa shape index (κ3) is 1.28. The molecule has 0 aromatic heterocycles. The number of rotatable bonds is 1.